The zero-order chi connectivity index (χ0) is 8.44. The number of hydrogen-bond acceptors (Lipinski definition) is 4. The Bertz CT molecular complexity index is 236. The molecule has 5 nitrogen and oxygen atoms in total. The third-order valence-electron chi connectivity index (χ3n) is 2.77. The highest BCUT2D eigenvalue weighted by Gasteiger charge is 2.37. The van der Waals surface area contributed by atoms with Gasteiger partial charge in [-0.2, -0.15) is 5.21 Å². The zero-order valence-corrected chi connectivity index (χ0v) is 6.95. The molecule has 1 aromatic rings. The molecule has 66 valence electrons. The molecule has 0 atom stereocenters. The summed E-state index contributed by atoms with van der Waals surface area (Å²) in [6.07, 6.45) is 4.66. The van der Waals surface area contributed by atoms with Crippen LogP contribution in [0.4, 0.5) is 0 Å². The van der Waals surface area contributed by atoms with Gasteiger partial charge in [0, 0.05) is 12.0 Å². The fraction of sp³-hybridized carbons (Fsp3) is 0.857. The first-order chi connectivity index (χ1) is 5.87. The summed E-state index contributed by atoms with van der Waals surface area (Å²) in [6.45, 7) is 0.631. The molecule has 0 saturated heterocycles. The lowest BCUT2D eigenvalue weighted by atomic mass is 9.86. The predicted octanol–water partition coefficient (Wildman–Crippen LogP) is -0.0298. The average Bonchev–Trinajstić information content (AvgIpc) is 2.76. The molecular formula is C7H13N5. The van der Waals surface area contributed by atoms with Crippen molar-refractivity contribution in [1.29, 1.82) is 0 Å². The first-order valence-corrected chi connectivity index (χ1v) is 4.31. The van der Waals surface area contributed by atoms with Crippen LogP contribution in [0.5, 0.6) is 0 Å². The SMILES string of the molecule is NCC1(c2nn[nH]n2)CCCC1. The Morgan fingerprint density at radius 2 is 2.17 bits per heavy atom. The van der Waals surface area contributed by atoms with E-state index >= 15 is 0 Å². The normalized spacial score (nSPS) is 21.4. The minimum absolute atomic E-state index is 0.0208. The average molecular weight is 167 g/mol. The lowest BCUT2D eigenvalue weighted by Crippen LogP contribution is -2.33. The summed E-state index contributed by atoms with van der Waals surface area (Å²) in [5.74, 6) is 0.794. The fourth-order valence-electron chi connectivity index (χ4n) is 1.96. The number of tetrazole rings is 1. The Kier molecular flexibility index (Phi) is 1.80. The summed E-state index contributed by atoms with van der Waals surface area (Å²) in [6, 6.07) is 0. The minimum atomic E-state index is 0.0208. The third kappa shape index (κ3) is 1.01. The summed E-state index contributed by atoms with van der Waals surface area (Å²) in [4.78, 5) is 0. The van der Waals surface area contributed by atoms with E-state index in [-0.39, 0.29) is 5.41 Å². The van der Waals surface area contributed by atoms with Crippen molar-refractivity contribution in [3.8, 4) is 0 Å². The molecule has 0 spiro atoms. The maximum absolute atomic E-state index is 5.74. The molecule has 1 aromatic heterocycles. The second-order valence-corrected chi connectivity index (χ2v) is 3.43. The van der Waals surface area contributed by atoms with Crippen LogP contribution in [-0.4, -0.2) is 27.2 Å². The van der Waals surface area contributed by atoms with Gasteiger partial charge in [-0.05, 0) is 12.8 Å². The maximum atomic E-state index is 5.74. The topological polar surface area (TPSA) is 80.5 Å². The Hall–Kier alpha value is -0.970. The Labute approximate surface area is 70.7 Å². The van der Waals surface area contributed by atoms with Gasteiger partial charge < -0.3 is 5.73 Å². The first kappa shape index (κ1) is 7.67. The van der Waals surface area contributed by atoms with Gasteiger partial charge in [-0.25, -0.2) is 0 Å². The van der Waals surface area contributed by atoms with Crippen molar-refractivity contribution in [2.24, 2.45) is 5.73 Å². The molecule has 1 heterocycles. The molecule has 1 aliphatic rings. The Morgan fingerprint density at radius 1 is 1.42 bits per heavy atom. The quantitative estimate of drug-likeness (QED) is 0.648. The molecule has 12 heavy (non-hydrogen) atoms. The third-order valence-corrected chi connectivity index (χ3v) is 2.77. The number of aromatic nitrogens is 4. The van der Waals surface area contributed by atoms with E-state index < -0.39 is 0 Å². The molecule has 0 amide bonds. The highest BCUT2D eigenvalue weighted by atomic mass is 15.5. The molecule has 0 aromatic carbocycles. The van der Waals surface area contributed by atoms with Crippen LogP contribution in [0.2, 0.25) is 0 Å². The number of rotatable bonds is 2. The van der Waals surface area contributed by atoms with E-state index in [2.05, 4.69) is 20.6 Å². The molecular weight excluding hydrogens is 154 g/mol. The second-order valence-electron chi connectivity index (χ2n) is 3.43. The summed E-state index contributed by atoms with van der Waals surface area (Å²) in [5.41, 5.74) is 5.76. The van der Waals surface area contributed by atoms with Crippen LogP contribution in [-0.2, 0) is 5.41 Å². The van der Waals surface area contributed by atoms with Crippen molar-refractivity contribution in [3.63, 3.8) is 0 Å². The predicted molar refractivity (Wildman–Crippen MR) is 43.4 cm³/mol. The summed E-state index contributed by atoms with van der Waals surface area (Å²) < 4.78 is 0. The van der Waals surface area contributed by atoms with E-state index in [1.807, 2.05) is 0 Å². The van der Waals surface area contributed by atoms with Gasteiger partial charge in [0.25, 0.3) is 0 Å². The van der Waals surface area contributed by atoms with Gasteiger partial charge >= 0.3 is 0 Å². The highest BCUT2D eigenvalue weighted by Crippen LogP contribution is 2.37. The molecule has 1 saturated carbocycles. The first-order valence-electron chi connectivity index (χ1n) is 4.31. The van der Waals surface area contributed by atoms with E-state index in [1.54, 1.807) is 0 Å². The molecule has 5 heteroatoms. The van der Waals surface area contributed by atoms with E-state index in [1.165, 1.54) is 12.8 Å². The van der Waals surface area contributed by atoms with E-state index in [9.17, 15) is 0 Å². The minimum Gasteiger partial charge on any atom is -0.329 e. The van der Waals surface area contributed by atoms with Gasteiger partial charge in [0.2, 0.25) is 0 Å². The van der Waals surface area contributed by atoms with Gasteiger partial charge in [0.1, 0.15) is 0 Å². The number of nitrogens with zero attached hydrogens (tertiary/aromatic N) is 3. The molecule has 0 radical (unpaired) electrons. The Morgan fingerprint density at radius 3 is 2.67 bits per heavy atom. The van der Waals surface area contributed by atoms with Crippen molar-refractivity contribution in [2.45, 2.75) is 31.1 Å². The standard InChI is InChI=1S/C7H13N5/c8-5-7(3-1-2-4-7)6-9-11-12-10-6/h1-5,8H2,(H,9,10,11,12). The van der Waals surface area contributed by atoms with E-state index in [0.717, 1.165) is 18.7 Å². The number of hydrogen-bond donors (Lipinski definition) is 2. The number of H-pyrrole nitrogens is 1. The van der Waals surface area contributed by atoms with Gasteiger partial charge in [-0.3, -0.25) is 0 Å². The Balaban J connectivity index is 2.28. The largest absolute Gasteiger partial charge is 0.329 e. The van der Waals surface area contributed by atoms with Crippen LogP contribution >= 0.6 is 0 Å². The van der Waals surface area contributed by atoms with Crippen LogP contribution in [0, 0.1) is 0 Å². The maximum Gasteiger partial charge on any atom is 0.181 e. The van der Waals surface area contributed by atoms with Crippen molar-refractivity contribution >= 4 is 0 Å². The van der Waals surface area contributed by atoms with E-state index in [0.29, 0.717) is 6.54 Å². The molecule has 2 rings (SSSR count). The van der Waals surface area contributed by atoms with Crippen LogP contribution < -0.4 is 5.73 Å². The van der Waals surface area contributed by atoms with Gasteiger partial charge in [-0.1, -0.05) is 18.1 Å². The molecule has 0 bridgehead atoms. The highest BCUT2D eigenvalue weighted by molar-refractivity contribution is 5.08. The fourth-order valence-corrected chi connectivity index (χ4v) is 1.96. The van der Waals surface area contributed by atoms with Crippen LogP contribution in [0.25, 0.3) is 0 Å². The molecule has 0 aliphatic heterocycles. The molecule has 3 N–H and O–H groups in total. The van der Waals surface area contributed by atoms with Gasteiger partial charge in [0.05, 0.1) is 0 Å². The van der Waals surface area contributed by atoms with Crippen molar-refractivity contribution < 1.29 is 0 Å². The number of nitrogens with one attached hydrogen (secondary N) is 1. The smallest absolute Gasteiger partial charge is 0.181 e. The zero-order valence-electron chi connectivity index (χ0n) is 6.95. The van der Waals surface area contributed by atoms with Crippen LogP contribution in [0.1, 0.15) is 31.5 Å². The monoisotopic (exact) mass is 167 g/mol. The summed E-state index contributed by atoms with van der Waals surface area (Å²) in [5, 5.41) is 14.1. The number of nitrogens with two attached hydrogens (primary N) is 1. The van der Waals surface area contributed by atoms with Gasteiger partial charge in [-0.15, -0.1) is 10.2 Å². The van der Waals surface area contributed by atoms with Crippen LogP contribution in [0.3, 0.4) is 0 Å². The molecule has 1 aliphatic carbocycles. The van der Waals surface area contributed by atoms with Crippen molar-refractivity contribution in [1.82, 2.24) is 20.6 Å². The van der Waals surface area contributed by atoms with Crippen LogP contribution in [0.15, 0.2) is 0 Å². The van der Waals surface area contributed by atoms with Gasteiger partial charge in [0.15, 0.2) is 5.82 Å². The number of aromatic amines is 1. The summed E-state index contributed by atoms with van der Waals surface area (Å²) in [7, 11) is 0. The second kappa shape index (κ2) is 2.82. The molecule has 1 fully saturated rings. The lowest BCUT2D eigenvalue weighted by Gasteiger charge is -2.21. The summed E-state index contributed by atoms with van der Waals surface area (Å²) >= 11 is 0. The lowest BCUT2D eigenvalue weighted by molar-refractivity contribution is 0.425. The molecule has 0 unspecified atom stereocenters. The van der Waals surface area contributed by atoms with Crippen molar-refractivity contribution in [2.75, 3.05) is 6.54 Å². The van der Waals surface area contributed by atoms with Crippen molar-refractivity contribution in [3.05, 3.63) is 5.82 Å². The van der Waals surface area contributed by atoms with E-state index in [4.69, 9.17) is 5.73 Å².